The number of aromatic nitrogens is 3. The number of fused-ring (bicyclic) bond motifs is 3. The normalized spacial score (nSPS) is 19.0. The van der Waals surface area contributed by atoms with Crippen LogP contribution in [-0.2, 0) is 6.54 Å². The molecule has 2 aromatic rings. The molecule has 5 nitrogen and oxygen atoms in total. The number of thiophene rings is 1. The first-order valence-corrected chi connectivity index (χ1v) is 8.76. The summed E-state index contributed by atoms with van der Waals surface area (Å²) in [5.74, 6) is 1.73. The number of aliphatic imine (C=N–C) groups is 1. The van der Waals surface area contributed by atoms with Crippen molar-refractivity contribution in [3.63, 3.8) is 0 Å². The Morgan fingerprint density at radius 1 is 1.29 bits per heavy atom. The van der Waals surface area contributed by atoms with Gasteiger partial charge in [-0.25, -0.2) is 0 Å². The van der Waals surface area contributed by atoms with Crippen molar-refractivity contribution in [3.8, 4) is 11.1 Å². The lowest BCUT2D eigenvalue weighted by atomic mass is 9.92. The Morgan fingerprint density at radius 3 is 2.83 bits per heavy atom. The minimum absolute atomic E-state index is 0.0354. The summed E-state index contributed by atoms with van der Waals surface area (Å²) in [5.41, 5.74) is 4.53. The first-order valence-electron chi connectivity index (χ1n) is 7.94. The van der Waals surface area contributed by atoms with Gasteiger partial charge in [0.1, 0.15) is 17.4 Å². The predicted molar refractivity (Wildman–Crippen MR) is 94.6 cm³/mol. The lowest BCUT2D eigenvalue weighted by Crippen LogP contribution is -2.10. The van der Waals surface area contributed by atoms with Gasteiger partial charge in [-0.3, -0.25) is 9.56 Å². The molecule has 2 aromatic heterocycles. The summed E-state index contributed by atoms with van der Waals surface area (Å²) in [6.45, 7) is 6.79. The molecule has 1 atom stereocenters. The smallest absolute Gasteiger partial charge is 0.160 e. The third-order valence-corrected chi connectivity index (χ3v) is 5.81. The van der Waals surface area contributed by atoms with E-state index in [1.165, 1.54) is 16.0 Å². The maximum atomic E-state index is 9.08. The molecule has 0 spiro atoms. The highest BCUT2D eigenvalue weighted by Crippen LogP contribution is 2.36. The van der Waals surface area contributed by atoms with E-state index in [1.54, 1.807) is 11.3 Å². The number of allylic oxidation sites excluding steroid dienone is 4. The molecule has 0 saturated heterocycles. The van der Waals surface area contributed by atoms with Gasteiger partial charge in [0.2, 0.25) is 0 Å². The lowest BCUT2D eigenvalue weighted by Gasteiger charge is -2.14. The molecule has 0 radical (unpaired) electrons. The summed E-state index contributed by atoms with van der Waals surface area (Å²) in [7, 11) is 0. The number of nitrogens with zero attached hydrogens (tertiary/aromatic N) is 5. The molecule has 0 amide bonds. The van der Waals surface area contributed by atoms with Crippen LogP contribution in [0.1, 0.15) is 34.1 Å². The minimum Gasteiger partial charge on any atom is -0.276 e. The zero-order valence-electron chi connectivity index (χ0n) is 13.9. The molecule has 1 aliphatic heterocycles. The zero-order chi connectivity index (χ0) is 16.8. The molecule has 1 aliphatic carbocycles. The zero-order valence-corrected chi connectivity index (χ0v) is 14.7. The molecule has 3 heterocycles. The van der Waals surface area contributed by atoms with Gasteiger partial charge in [0.05, 0.1) is 17.7 Å². The van der Waals surface area contributed by atoms with Crippen molar-refractivity contribution in [2.45, 2.75) is 33.7 Å². The fourth-order valence-corrected chi connectivity index (χ4v) is 4.40. The quantitative estimate of drug-likeness (QED) is 0.800. The van der Waals surface area contributed by atoms with Gasteiger partial charge in [0.15, 0.2) is 5.82 Å². The van der Waals surface area contributed by atoms with E-state index in [1.807, 2.05) is 19.1 Å². The van der Waals surface area contributed by atoms with Gasteiger partial charge >= 0.3 is 0 Å². The summed E-state index contributed by atoms with van der Waals surface area (Å²) in [4.78, 5) is 6.15. The van der Waals surface area contributed by atoms with E-state index >= 15 is 0 Å². The second-order valence-electron chi connectivity index (χ2n) is 6.12. The van der Waals surface area contributed by atoms with E-state index in [9.17, 15) is 0 Å². The van der Waals surface area contributed by atoms with Crippen LogP contribution in [0.2, 0.25) is 0 Å². The second kappa shape index (κ2) is 5.53. The van der Waals surface area contributed by atoms with E-state index in [-0.39, 0.29) is 5.92 Å². The molecule has 0 fully saturated rings. The molecule has 0 N–H and O–H groups in total. The van der Waals surface area contributed by atoms with Crippen LogP contribution in [0.3, 0.4) is 0 Å². The van der Waals surface area contributed by atoms with Crippen LogP contribution >= 0.6 is 11.3 Å². The highest BCUT2D eigenvalue weighted by Gasteiger charge is 2.27. The molecule has 1 unspecified atom stereocenters. The van der Waals surface area contributed by atoms with E-state index in [2.05, 4.69) is 40.8 Å². The van der Waals surface area contributed by atoms with Crippen LogP contribution in [0.25, 0.3) is 5.00 Å². The van der Waals surface area contributed by atoms with Crippen LogP contribution in [-0.4, -0.2) is 20.5 Å². The van der Waals surface area contributed by atoms with Gasteiger partial charge in [-0.05, 0) is 38.3 Å². The summed E-state index contributed by atoms with van der Waals surface area (Å²) in [6.07, 6.45) is 6.88. The van der Waals surface area contributed by atoms with E-state index < -0.39 is 0 Å². The Bertz CT molecular complexity index is 964. The molecule has 120 valence electrons. The number of rotatable bonds is 1. The molecular formula is C18H17N5S. The van der Waals surface area contributed by atoms with Crippen molar-refractivity contribution in [3.05, 3.63) is 51.5 Å². The number of nitriles is 1. The van der Waals surface area contributed by atoms with E-state index in [0.29, 0.717) is 6.54 Å². The summed E-state index contributed by atoms with van der Waals surface area (Å²) >= 11 is 1.76. The fraction of sp³-hybridized carbons (Fsp3) is 0.333. The van der Waals surface area contributed by atoms with Gasteiger partial charge in [-0.15, -0.1) is 21.5 Å². The summed E-state index contributed by atoms with van der Waals surface area (Å²) in [5, 5.41) is 18.7. The molecule has 2 aliphatic rings. The van der Waals surface area contributed by atoms with Crippen LogP contribution in [0.15, 0.2) is 28.8 Å². The van der Waals surface area contributed by atoms with Gasteiger partial charge in [0, 0.05) is 10.4 Å². The molecular weight excluding hydrogens is 318 g/mol. The maximum absolute atomic E-state index is 9.08. The Morgan fingerprint density at radius 2 is 2.12 bits per heavy atom. The van der Waals surface area contributed by atoms with Gasteiger partial charge in [-0.1, -0.05) is 18.2 Å². The average molecular weight is 335 g/mol. The topological polar surface area (TPSA) is 66.9 Å². The predicted octanol–water partition coefficient (Wildman–Crippen LogP) is 3.58. The van der Waals surface area contributed by atoms with Crippen molar-refractivity contribution >= 4 is 17.0 Å². The Hall–Kier alpha value is -2.52. The van der Waals surface area contributed by atoms with E-state index in [4.69, 9.17) is 10.3 Å². The Labute approximate surface area is 144 Å². The van der Waals surface area contributed by atoms with Gasteiger partial charge < -0.3 is 0 Å². The standard InChI is InChI=1S/C18H17N5S/c1-10-11(2)24-18-16(10)17(14-6-4-13(8-19)5-7-14)20-9-15-22-21-12(3)23(15)18/h4,6-7,13H,5,9H2,1-3H3. The van der Waals surface area contributed by atoms with Gasteiger partial charge in [-0.2, -0.15) is 5.26 Å². The lowest BCUT2D eigenvalue weighted by molar-refractivity contribution is 0.833. The SMILES string of the molecule is Cc1sc2c(c1C)C(C1=CCC(C#N)C=C1)=NCc1nnc(C)n1-2. The maximum Gasteiger partial charge on any atom is 0.160 e. The van der Waals surface area contributed by atoms with Crippen molar-refractivity contribution < 1.29 is 0 Å². The van der Waals surface area contributed by atoms with Crippen molar-refractivity contribution in [1.82, 2.24) is 14.8 Å². The molecule has 0 aromatic carbocycles. The molecule has 6 heteroatoms. The number of hydrogen-bond acceptors (Lipinski definition) is 5. The Kier molecular flexibility index (Phi) is 3.47. The number of hydrogen-bond donors (Lipinski definition) is 0. The first-order chi connectivity index (χ1) is 11.6. The van der Waals surface area contributed by atoms with E-state index in [0.717, 1.165) is 34.4 Å². The summed E-state index contributed by atoms with van der Waals surface area (Å²) in [6, 6.07) is 2.30. The minimum atomic E-state index is -0.0354. The largest absolute Gasteiger partial charge is 0.276 e. The van der Waals surface area contributed by atoms with Gasteiger partial charge in [0.25, 0.3) is 0 Å². The first kappa shape index (κ1) is 15.0. The molecule has 4 rings (SSSR count). The fourth-order valence-electron chi connectivity index (χ4n) is 3.17. The average Bonchev–Trinajstić information content (AvgIpc) is 3.03. The van der Waals surface area contributed by atoms with Crippen LogP contribution < -0.4 is 0 Å². The molecule has 0 bridgehead atoms. The van der Waals surface area contributed by atoms with Crippen molar-refractivity contribution in [1.29, 1.82) is 5.26 Å². The third-order valence-electron chi connectivity index (χ3n) is 4.62. The number of aryl methyl sites for hydroxylation is 2. The second-order valence-corrected chi connectivity index (χ2v) is 7.32. The highest BCUT2D eigenvalue weighted by molar-refractivity contribution is 7.15. The van der Waals surface area contributed by atoms with Crippen molar-refractivity contribution in [2.24, 2.45) is 10.9 Å². The van der Waals surface area contributed by atoms with Crippen LogP contribution in [0.4, 0.5) is 0 Å². The molecule has 24 heavy (non-hydrogen) atoms. The third kappa shape index (κ3) is 2.16. The Balaban J connectivity index is 1.90. The highest BCUT2D eigenvalue weighted by atomic mass is 32.1. The summed E-state index contributed by atoms with van der Waals surface area (Å²) < 4.78 is 2.13. The van der Waals surface area contributed by atoms with Crippen LogP contribution in [0, 0.1) is 38.0 Å². The molecule has 0 saturated carbocycles. The monoisotopic (exact) mass is 335 g/mol. The van der Waals surface area contributed by atoms with Crippen molar-refractivity contribution in [2.75, 3.05) is 0 Å². The van der Waals surface area contributed by atoms with Crippen LogP contribution in [0.5, 0.6) is 0 Å².